The molecule has 78 valence electrons. The van der Waals surface area contributed by atoms with Crippen LogP contribution in [0.25, 0.3) is 0 Å². The molecule has 0 saturated carbocycles. The monoisotopic (exact) mass is 192 g/mol. The van der Waals surface area contributed by atoms with Crippen LogP contribution in [0, 0.1) is 12.8 Å². The number of hydrogen-bond acceptors (Lipinski definition) is 2. The summed E-state index contributed by atoms with van der Waals surface area (Å²) >= 11 is 0. The fourth-order valence-corrected chi connectivity index (χ4v) is 1.40. The summed E-state index contributed by atoms with van der Waals surface area (Å²) < 4.78 is 0. The molecule has 0 aromatic carbocycles. The van der Waals surface area contributed by atoms with Gasteiger partial charge in [-0.05, 0) is 44.0 Å². The molecule has 0 aliphatic heterocycles. The summed E-state index contributed by atoms with van der Waals surface area (Å²) in [5, 5.41) is 3.43. The molecule has 0 aliphatic carbocycles. The van der Waals surface area contributed by atoms with Crippen LogP contribution in [-0.2, 0) is 6.42 Å². The van der Waals surface area contributed by atoms with Gasteiger partial charge in [-0.2, -0.15) is 0 Å². The molecule has 0 aliphatic rings. The first kappa shape index (κ1) is 11.2. The molecular formula is C12H20N2. The fourth-order valence-electron chi connectivity index (χ4n) is 1.40. The molecule has 1 aromatic heterocycles. The highest BCUT2D eigenvalue weighted by molar-refractivity contribution is 5.18. The quantitative estimate of drug-likeness (QED) is 0.723. The van der Waals surface area contributed by atoms with Crippen LogP contribution in [0.15, 0.2) is 18.3 Å². The third kappa shape index (κ3) is 3.88. The van der Waals surface area contributed by atoms with Crippen molar-refractivity contribution < 1.29 is 0 Å². The Morgan fingerprint density at radius 2 is 2.21 bits per heavy atom. The minimum atomic E-state index is 0.727. The summed E-state index contributed by atoms with van der Waals surface area (Å²) in [5.74, 6) is 0.727. The molecule has 0 unspecified atom stereocenters. The molecular weight excluding hydrogens is 172 g/mol. The lowest BCUT2D eigenvalue weighted by Crippen LogP contribution is -2.22. The van der Waals surface area contributed by atoms with Crippen LogP contribution in [-0.4, -0.2) is 18.1 Å². The predicted octanol–water partition coefficient (Wildman–Crippen LogP) is 2.18. The Morgan fingerprint density at radius 1 is 1.43 bits per heavy atom. The first-order valence-corrected chi connectivity index (χ1v) is 5.31. The normalized spacial score (nSPS) is 10.9. The summed E-state index contributed by atoms with van der Waals surface area (Å²) in [6, 6.07) is 4.16. The van der Waals surface area contributed by atoms with Gasteiger partial charge in [0.25, 0.3) is 0 Å². The number of hydrogen-bond donors (Lipinski definition) is 1. The second-order valence-corrected chi connectivity index (χ2v) is 4.10. The smallest absolute Gasteiger partial charge is 0.0405 e. The van der Waals surface area contributed by atoms with Gasteiger partial charge >= 0.3 is 0 Å². The standard InChI is InChI=1S/C12H20N2/c1-10(2)9-13-8-6-12-5-4-7-14-11(12)3/h4-5,7,10,13H,6,8-9H2,1-3H3. The zero-order valence-electron chi connectivity index (χ0n) is 9.38. The van der Waals surface area contributed by atoms with E-state index in [0.717, 1.165) is 31.1 Å². The number of rotatable bonds is 5. The predicted molar refractivity (Wildman–Crippen MR) is 60.4 cm³/mol. The van der Waals surface area contributed by atoms with Gasteiger partial charge in [0.15, 0.2) is 0 Å². The minimum Gasteiger partial charge on any atom is -0.316 e. The highest BCUT2D eigenvalue weighted by Gasteiger charge is 1.98. The van der Waals surface area contributed by atoms with Crippen molar-refractivity contribution in [2.24, 2.45) is 5.92 Å². The molecule has 0 atom stereocenters. The molecule has 0 amide bonds. The number of aryl methyl sites for hydroxylation is 1. The molecule has 1 aromatic rings. The van der Waals surface area contributed by atoms with E-state index in [-0.39, 0.29) is 0 Å². The summed E-state index contributed by atoms with van der Waals surface area (Å²) in [6.07, 6.45) is 2.92. The van der Waals surface area contributed by atoms with Gasteiger partial charge in [-0.1, -0.05) is 19.9 Å². The van der Waals surface area contributed by atoms with Crippen molar-refractivity contribution in [3.8, 4) is 0 Å². The highest BCUT2D eigenvalue weighted by atomic mass is 14.8. The van der Waals surface area contributed by atoms with E-state index in [4.69, 9.17) is 0 Å². The molecule has 14 heavy (non-hydrogen) atoms. The average molecular weight is 192 g/mol. The van der Waals surface area contributed by atoms with E-state index < -0.39 is 0 Å². The van der Waals surface area contributed by atoms with Gasteiger partial charge < -0.3 is 5.32 Å². The van der Waals surface area contributed by atoms with Gasteiger partial charge in [0, 0.05) is 11.9 Å². The Kier molecular flexibility index (Phi) is 4.60. The highest BCUT2D eigenvalue weighted by Crippen LogP contribution is 2.03. The van der Waals surface area contributed by atoms with E-state index >= 15 is 0 Å². The summed E-state index contributed by atoms with van der Waals surface area (Å²) in [4.78, 5) is 4.27. The number of nitrogens with zero attached hydrogens (tertiary/aromatic N) is 1. The molecule has 2 nitrogen and oxygen atoms in total. The Morgan fingerprint density at radius 3 is 2.86 bits per heavy atom. The summed E-state index contributed by atoms with van der Waals surface area (Å²) in [5.41, 5.74) is 2.50. The van der Waals surface area contributed by atoms with E-state index in [1.165, 1.54) is 5.56 Å². The molecule has 0 spiro atoms. The maximum absolute atomic E-state index is 4.27. The van der Waals surface area contributed by atoms with Crippen LogP contribution in [0.3, 0.4) is 0 Å². The Bertz CT molecular complexity index is 269. The van der Waals surface area contributed by atoms with Crippen LogP contribution >= 0.6 is 0 Å². The van der Waals surface area contributed by atoms with E-state index in [1.54, 1.807) is 0 Å². The largest absolute Gasteiger partial charge is 0.316 e. The van der Waals surface area contributed by atoms with Crippen LogP contribution in [0.2, 0.25) is 0 Å². The third-order valence-electron chi connectivity index (χ3n) is 2.24. The van der Waals surface area contributed by atoms with Gasteiger partial charge in [0.1, 0.15) is 0 Å². The van der Waals surface area contributed by atoms with Crippen molar-refractivity contribution in [2.75, 3.05) is 13.1 Å². The molecule has 0 bridgehead atoms. The number of aromatic nitrogens is 1. The lowest BCUT2D eigenvalue weighted by atomic mass is 10.1. The SMILES string of the molecule is Cc1ncccc1CCNCC(C)C. The minimum absolute atomic E-state index is 0.727. The van der Waals surface area contributed by atoms with Crippen LogP contribution in [0.1, 0.15) is 25.1 Å². The van der Waals surface area contributed by atoms with Crippen molar-refractivity contribution >= 4 is 0 Å². The number of nitrogens with one attached hydrogen (secondary N) is 1. The van der Waals surface area contributed by atoms with Crippen molar-refractivity contribution in [3.05, 3.63) is 29.6 Å². The van der Waals surface area contributed by atoms with E-state index in [0.29, 0.717) is 0 Å². The van der Waals surface area contributed by atoms with E-state index in [2.05, 4.69) is 37.1 Å². The van der Waals surface area contributed by atoms with Crippen molar-refractivity contribution in [1.29, 1.82) is 0 Å². The first-order valence-electron chi connectivity index (χ1n) is 5.31. The average Bonchev–Trinajstić information content (AvgIpc) is 2.15. The van der Waals surface area contributed by atoms with Crippen LogP contribution < -0.4 is 5.32 Å². The van der Waals surface area contributed by atoms with Gasteiger partial charge in [-0.3, -0.25) is 4.98 Å². The second-order valence-electron chi connectivity index (χ2n) is 4.10. The van der Waals surface area contributed by atoms with E-state index in [1.807, 2.05) is 12.3 Å². The molecule has 0 radical (unpaired) electrons. The lowest BCUT2D eigenvalue weighted by molar-refractivity contribution is 0.554. The van der Waals surface area contributed by atoms with Gasteiger partial charge in [-0.25, -0.2) is 0 Å². The van der Waals surface area contributed by atoms with Crippen molar-refractivity contribution in [1.82, 2.24) is 10.3 Å². The zero-order chi connectivity index (χ0) is 10.4. The summed E-state index contributed by atoms with van der Waals surface area (Å²) in [6.45, 7) is 8.66. The molecule has 1 heterocycles. The Labute approximate surface area is 86.8 Å². The maximum Gasteiger partial charge on any atom is 0.0405 e. The molecule has 1 N–H and O–H groups in total. The topological polar surface area (TPSA) is 24.9 Å². The van der Waals surface area contributed by atoms with Crippen LogP contribution in [0.5, 0.6) is 0 Å². The van der Waals surface area contributed by atoms with Gasteiger partial charge in [-0.15, -0.1) is 0 Å². The first-order chi connectivity index (χ1) is 6.70. The van der Waals surface area contributed by atoms with Gasteiger partial charge in [0.05, 0.1) is 0 Å². The molecule has 0 saturated heterocycles. The Balaban J connectivity index is 2.28. The van der Waals surface area contributed by atoms with Crippen molar-refractivity contribution in [3.63, 3.8) is 0 Å². The third-order valence-corrected chi connectivity index (χ3v) is 2.24. The Hall–Kier alpha value is -0.890. The van der Waals surface area contributed by atoms with Crippen LogP contribution in [0.4, 0.5) is 0 Å². The lowest BCUT2D eigenvalue weighted by Gasteiger charge is -2.08. The summed E-state index contributed by atoms with van der Waals surface area (Å²) in [7, 11) is 0. The van der Waals surface area contributed by atoms with Gasteiger partial charge in [0.2, 0.25) is 0 Å². The fraction of sp³-hybridized carbons (Fsp3) is 0.583. The number of pyridine rings is 1. The maximum atomic E-state index is 4.27. The van der Waals surface area contributed by atoms with Crippen molar-refractivity contribution in [2.45, 2.75) is 27.2 Å². The molecule has 1 rings (SSSR count). The molecule has 2 heteroatoms. The zero-order valence-corrected chi connectivity index (χ0v) is 9.38. The molecule has 0 fully saturated rings. The second kappa shape index (κ2) is 5.76. The van der Waals surface area contributed by atoms with E-state index in [9.17, 15) is 0 Å².